The summed E-state index contributed by atoms with van der Waals surface area (Å²) >= 11 is 0. The minimum Gasteiger partial charge on any atom is -0.496 e. The van der Waals surface area contributed by atoms with Crippen molar-refractivity contribution < 1.29 is 17.9 Å². The van der Waals surface area contributed by atoms with E-state index in [0.717, 1.165) is 28.0 Å². The number of para-hydroxylation sites is 1. The smallest absolute Gasteiger partial charge is 0.232 e. The Labute approximate surface area is 193 Å². The van der Waals surface area contributed by atoms with E-state index in [1.54, 1.807) is 13.2 Å². The van der Waals surface area contributed by atoms with Gasteiger partial charge in [-0.3, -0.25) is 9.10 Å². The van der Waals surface area contributed by atoms with Crippen LogP contribution >= 0.6 is 0 Å². The second-order valence-corrected chi connectivity index (χ2v) is 10.5. The van der Waals surface area contributed by atoms with Crippen LogP contribution in [0.2, 0.25) is 0 Å². The molecular weight excluding hydrogens is 424 g/mol. The molecule has 2 rings (SSSR count). The molecule has 0 aliphatic carbocycles. The first kappa shape index (κ1) is 25.7. The second-order valence-electron chi connectivity index (χ2n) is 8.62. The summed E-state index contributed by atoms with van der Waals surface area (Å²) in [6.45, 7) is 10.3. The summed E-state index contributed by atoms with van der Waals surface area (Å²) in [5, 5.41) is 3.06. The minimum atomic E-state index is -3.44. The number of aryl methyl sites for hydroxylation is 2. The second kappa shape index (κ2) is 10.9. The molecule has 1 N–H and O–H groups in total. The number of amides is 1. The Morgan fingerprint density at radius 2 is 1.72 bits per heavy atom. The molecule has 1 amide bonds. The van der Waals surface area contributed by atoms with E-state index in [-0.39, 0.29) is 24.9 Å². The molecule has 0 radical (unpaired) electrons. The third-order valence-electron chi connectivity index (χ3n) is 5.63. The van der Waals surface area contributed by atoms with Crippen LogP contribution in [0.25, 0.3) is 0 Å². The third-order valence-corrected chi connectivity index (χ3v) is 6.81. The maximum atomic E-state index is 12.6. The molecule has 0 aromatic heterocycles. The van der Waals surface area contributed by atoms with Crippen molar-refractivity contribution in [1.82, 2.24) is 5.32 Å². The molecule has 0 saturated carbocycles. The van der Waals surface area contributed by atoms with E-state index in [2.05, 4.69) is 25.2 Å². The van der Waals surface area contributed by atoms with Crippen molar-refractivity contribution in [3.63, 3.8) is 0 Å². The van der Waals surface area contributed by atoms with Crippen molar-refractivity contribution >= 4 is 21.6 Å². The van der Waals surface area contributed by atoms with Crippen LogP contribution in [0.3, 0.4) is 0 Å². The number of nitrogens with one attached hydrogen (secondary N) is 1. The third kappa shape index (κ3) is 6.48. The summed E-state index contributed by atoms with van der Waals surface area (Å²) < 4.78 is 31.5. The van der Waals surface area contributed by atoms with Crippen LogP contribution < -0.4 is 14.4 Å². The summed E-state index contributed by atoms with van der Waals surface area (Å²) in [4.78, 5) is 12.6. The molecule has 6 nitrogen and oxygen atoms in total. The van der Waals surface area contributed by atoms with Gasteiger partial charge in [0.2, 0.25) is 15.9 Å². The van der Waals surface area contributed by atoms with E-state index in [0.29, 0.717) is 18.0 Å². The van der Waals surface area contributed by atoms with Crippen molar-refractivity contribution in [2.24, 2.45) is 0 Å². The normalized spacial score (nSPS) is 12.5. The predicted molar refractivity (Wildman–Crippen MR) is 131 cm³/mol. The molecule has 1 atom stereocenters. The Morgan fingerprint density at radius 1 is 1.06 bits per heavy atom. The van der Waals surface area contributed by atoms with E-state index < -0.39 is 10.0 Å². The molecule has 0 aliphatic heterocycles. The molecule has 0 spiro atoms. The maximum Gasteiger partial charge on any atom is 0.232 e. The highest BCUT2D eigenvalue weighted by atomic mass is 32.2. The van der Waals surface area contributed by atoms with E-state index in [9.17, 15) is 13.2 Å². The number of sulfonamides is 1. The Morgan fingerprint density at radius 3 is 2.28 bits per heavy atom. The van der Waals surface area contributed by atoms with Gasteiger partial charge in [0, 0.05) is 13.0 Å². The molecule has 176 valence electrons. The minimum absolute atomic E-state index is 0.1000. The summed E-state index contributed by atoms with van der Waals surface area (Å²) in [5.74, 6) is 1.06. The van der Waals surface area contributed by atoms with E-state index in [4.69, 9.17) is 4.74 Å². The van der Waals surface area contributed by atoms with Gasteiger partial charge in [0.15, 0.2) is 0 Å². The standard InChI is InChI=1S/C25H36N2O4S/c1-17(2)21-16-22(19(4)15-24(21)31-6)20(5)26-25(28)13-10-14-27(32(7,29)30)23-12-9-8-11-18(23)3/h8-9,11-12,15-17,20H,10,13-14H2,1-7H3,(H,26,28)/t20-/m0/s1. The number of anilines is 1. The summed E-state index contributed by atoms with van der Waals surface area (Å²) in [6.07, 6.45) is 1.87. The largest absolute Gasteiger partial charge is 0.496 e. The van der Waals surface area contributed by atoms with Crippen LogP contribution in [-0.4, -0.2) is 34.2 Å². The number of hydrogen-bond acceptors (Lipinski definition) is 4. The molecule has 0 fully saturated rings. The van der Waals surface area contributed by atoms with Crippen LogP contribution in [0, 0.1) is 13.8 Å². The van der Waals surface area contributed by atoms with E-state index in [1.165, 1.54) is 10.6 Å². The van der Waals surface area contributed by atoms with E-state index >= 15 is 0 Å². The highest BCUT2D eigenvalue weighted by Crippen LogP contribution is 2.32. The van der Waals surface area contributed by atoms with Crippen LogP contribution in [0.4, 0.5) is 5.69 Å². The highest BCUT2D eigenvalue weighted by molar-refractivity contribution is 7.92. The van der Waals surface area contributed by atoms with Crippen molar-refractivity contribution in [2.75, 3.05) is 24.2 Å². The Hall–Kier alpha value is -2.54. The lowest BCUT2D eigenvalue weighted by Gasteiger charge is -2.24. The monoisotopic (exact) mass is 460 g/mol. The van der Waals surface area contributed by atoms with Crippen molar-refractivity contribution in [1.29, 1.82) is 0 Å². The van der Waals surface area contributed by atoms with Crippen molar-refractivity contribution in [3.8, 4) is 5.75 Å². The van der Waals surface area contributed by atoms with Gasteiger partial charge in [0.05, 0.1) is 25.1 Å². The molecule has 0 unspecified atom stereocenters. The number of hydrogen-bond donors (Lipinski definition) is 1. The van der Waals surface area contributed by atoms with Gasteiger partial charge in [0.25, 0.3) is 0 Å². The molecule has 32 heavy (non-hydrogen) atoms. The van der Waals surface area contributed by atoms with Gasteiger partial charge in [-0.1, -0.05) is 32.0 Å². The fourth-order valence-electron chi connectivity index (χ4n) is 3.89. The molecular formula is C25H36N2O4S. The quantitative estimate of drug-likeness (QED) is 0.549. The first-order valence-corrected chi connectivity index (χ1v) is 12.8. The molecule has 0 bridgehead atoms. The lowest BCUT2D eigenvalue weighted by molar-refractivity contribution is -0.121. The Bertz CT molecular complexity index is 1050. The fourth-order valence-corrected chi connectivity index (χ4v) is 4.92. The van der Waals surface area contributed by atoms with Gasteiger partial charge >= 0.3 is 0 Å². The number of benzene rings is 2. The van der Waals surface area contributed by atoms with E-state index in [1.807, 2.05) is 45.0 Å². The maximum absolute atomic E-state index is 12.6. The highest BCUT2D eigenvalue weighted by Gasteiger charge is 2.20. The number of methoxy groups -OCH3 is 1. The Balaban J connectivity index is 2.05. The number of carbonyl (C=O) groups is 1. The van der Waals surface area contributed by atoms with Crippen LogP contribution in [0.15, 0.2) is 36.4 Å². The lowest BCUT2D eigenvalue weighted by atomic mass is 9.93. The number of carbonyl (C=O) groups excluding carboxylic acids is 1. The van der Waals surface area contributed by atoms with Gasteiger partial charge in [-0.05, 0) is 73.6 Å². The molecule has 0 saturated heterocycles. The zero-order valence-corrected chi connectivity index (χ0v) is 21.0. The number of ether oxygens (including phenoxy) is 1. The molecule has 2 aromatic carbocycles. The zero-order valence-electron chi connectivity index (χ0n) is 20.2. The Kier molecular flexibility index (Phi) is 8.73. The van der Waals surface area contributed by atoms with Crippen molar-refractivity contribution in [2.45, 2.75) is 59.4 Å². The SMILES string of the molecule is COc1cc(C)c([C@H](C)NC(=O)CCCN(c2ccccc2C)S(C)(=O)=O)cc1C(C)C. The van der Waals surface area contributed by atoms with Gasteiger partial charge in [-0.15, -0.1) is 0 Å². The zero-order chi connectivity index (χ0) is 24.1. The summed E-state index contributed by atoms with van der Waals surface area (Å²) in [5.41, 5.74) is 4.75. The van der Waals surface area contributed by atoms with Crippen LogP contribution in [0.1, 0.15) is 67.8 Å². The molecule has 0 heterocycles. The predicted octanol–water partition coefficient (Wildman–Crippen LogP) is 4.86. The topological polar surface area (TPSA) is 75.7 Å². The lowest BCUT2D eigenvalue weighted by Crippen LogP contribution is -2.33. The number of rotatable bonds is 10. The fraction of sp³-hybridized carbons (Fsp3) is 0.480. The summed E-state index contributed by atoms with van der Waals surface area (Å²) in [7, 11) is -1.77. The number of nitrogens with zero attached hydrogens (tertiary/aromatic N) is 1. The summed E-state index contributed by atoms with van der Waals surface area (Å²) in [6, 6.07) is 11.3. The van der Waals surface area contributed by atoms with Gasteiger partial charge in [-0.25, -0.2) is 8.42 Å². The van der Waals surface area contributed by atoms with Crippen molar-refractivity contribution in [3.05, 3.63) is 58.7 Å². The van der Waals surface area contributed by atoms with Gasteiger partial charge in [-0.2, -0.15) is 0 Å². The van der Waals surface area contributed by atoms with Crippen LogP contribution in [0.5, 0.6) is 5.75 Å². The first-order valence-electron chi connectivity index (χ1n) is 11.0. The first-order chi connectivity index (χ1) is 15.0. The van der Waals surface area contributed by atoms with Gasteiger partial charge in [0.1, 0.15) is 5.75 Å². The van der Waals surface area contributed by atoms with Gasteiger partial charge < -0.3 is 10.1 Å². The average molecular weight is 461 g/mol. The molecule has 7 heteroatoms. The molecule has 2 aromatic rings. The molecule has 0 aliphatic rings. The average Bonchev–Trinajstić information content (AvgIpc) is 2.70. The van der Waals surface area contributed by atoms with Crippen LogP contribution in [-0.2, 0) is 14.8 Å².